The summed E-state index contributed by atoms with van der Waals surface area (Å²) in [5.41, 5.74) is 2.42. The summed E-state index contributed by atoms with van der Waals surface area (Å²) in [6, 6.07) is 22.2. The summed E-state index contributed by atoms with van der Waals surface area (Å²) in [5, 5.41) is 9.87. The summed E-state index contributed by atoms with van der Waals surface area (Å²) in [6.45, 7) is 5.89. The molecular weight excluding hydrogens is 468 g/mol. The van der Waals surface area contributed by atoms with Crippen LogP contribution >= 0.6 is 22.9 Å². The molecule has 0 bridgehead atoms. The second kappa shape index (κ2) is 10.8. The lowest BCUT2D eigenvalue weighted by atomic mass is 9.78. The van der Waals surface area contributed by atoms with Gasteiger partial charge in [0.15, 0.2) is 0 Å². The molecule has 0 unspecified atom stereocenters. The van der Waals surface area contributed by atoms with E-state index < -0.39 is 5.97 Å². The highest BCUT2D eigenvalue weighted by Crippen LogP contribution is 2.36. The highest BCUT2D eigenvalue weighted by Gasteiger charge is 2.30. The minimum atomic E-state index is -0.906. The minimum absolute atomic E-state index is 0.0834. The molecule has 0 radical (unpaired) electrons. The van der Waals surface area contributed by atoms with E-state index in [2.05, 4.69) is 50.2 Å². The highest BCUT2D eigenvalue weighted by atomic mass is 35.5. The van der Waals surface area contributed by atoms with Gasteiger partial charge >= 0.3 is 5.97 Å². The zero-order valence-corrected chi connectivity index (χ0v) is 20.9. The molecular formula is C28H29ClO4S. The third-order valence-corrected chi connectivity index (χ3v) is 7.97. The van der Waals surface area contributed by atoms with Crippen LogP contribution in [0.25, 0.3) is 0 Å². The van der Waals surface area contributed by atoms with Gasteiger partial charge in [0.05, 0.1) is 19.8 Å². The number of aromatic carboxylic acids is 1. The predicted octanol–water partition coefficient (Wildman–Crippen LogP) is 7.13. The lowest BCUT2D eigenvalue weighted by Gasteiger charge is -2.26. The molecule has 0 saturated heterocycles. The molecule has 0 amide bonds. The molecule has 1 heterocycles. The summed E-state index contributed by atoms with van der Waals surface area (Å²) in [6.07, 6.45) is 2.89. The fraction of sp³-hybridized carbons (Fsp3) is 0.321. The number of rotatable bonds is 10. The number of benzene rings is 2. The van der Waals surface area contributed by atoms with Crippen LogP contribution in [0.2, 0.25) is 0 Å². The Balaban J connectivity index is 1.30. The fourth-order valence-corrected chi connectivity index (χ4v) is 5.38. The van der Waals surface area contributed by atoms with Gasteiger partial charge in [0.1, 0.15) is 10.6 Å². The van der Waals surface area contributed by atoms with Crippen LogP contribution in [0.3, 0.4) is 0 Å². The lowest BCUT2D eigenvalue weighted by molar-refractivity contribution is 0.0694. The lowest BCUT2D eigenvalue weighted by Crippen LogP contribution is -2.22. The first-order chi connectivity index (χ1) is 16.3. The van der Waals surface area contributed by atoms with Crippen molar-refractivity contribution in [3.05, 3.63) is 98.7 Å². The van der Waals surface area contributed by atoms with E-state index in [-0.39, 0.29) is 17.3 Å². The maximum absolute atomic E-state index is 11.0. The molecule has 0 spiro atoms. The van der Waals surface area contributed by atoms with Crippen molar-refractivity contribution in [1.82, 2.24) is 0 Å². The van der Waals surface area contributed by atoms with E-state index in [4.69, 9.17) is 26.2 Å². The summed E-state index contributed by atoms with van der Waals surface area (Å²) < 4.78 is 12.0. The van der Waals surface area contributed by atoms with E-state index in [1.807, 2.05) is 24.3 Å². The summed E-state index contributed by atoms with van der Waals surface area (Å²) >= 11 is 7.73. The summed E-state index contributed by atoms with van der Waals surface area (Å²) in [5.74, 6) is 0.239. The van der Waals surface area contributed by atoms with Crippen LogP contribution in [0.5, 0.6) is 5.75 Å². The molecule has 2 atom stereocenters. The third-order valence-electron chi connectivity index (χ3n) is 6.49. The normalized spacial score (nSPS) is 18.0. The molecule has 178 valence electrons. The number of carboxylic acid groups (broad SMARTS) is 1. The summed E-state index contributed by atoms with van der Waals surface area (Å²) in [7, 11) is 0. The van der Waals surface area contributed by atoms with Crippen molar-refractivity contribution in [3.8, 4) is 5.75 Å². The third kappa shape index (κ3) is 5.72. The number of halogens is 1. The van der Waals surface area contributed by atoms with Gasteiger partial charge in [-0.2, -0.15) is 0 Å². The number of carbonyl (C=O) groups is 1. The molecule has 1 aromatic heterocycles. The van der Waals surface area contributed by atoms with Gasteiger partial charge in [-0.05, 0) is 47.7 Å². The topological polar surface area (TPSA) is 55.8 Å². The maximum Gasteiger partial charge on any atom is 0.345 e. The van der Waals surface area contributed by atoms with E-state index in [1.54, 1.807) is 12.1 Å². The SMILES string of the molecule is CC(C)(c1ccccc1)c1ccc(OC[C@H]2C(Cl)=CC[C@@H]2COCc2ccc(C(=O)O)s2)cc1. The van der Waals surface area contributed by atoms with Crippen molar-refractivity contribution in [2.75, 3.05) is 13.2 Å². The standard InChI is InChI=1S/C28H29ClO4S/c1-28(2,20-6-4-3-5-7-20)21-9-11-22(12-10-21)33-18-24-19(8-14-25(24)29)16-32-17-23-13-15-26(34-23)27(30)31/h3-7,9-15,19,24H,8,16-18H2,1-2H3,(H,30,31)/t19-,24-/m1/s1. The zero-order chi connectivity index (χ0) is 24.1. The first-order valence-corrected chi connectivity index (χ1v) is 12.6. The number of hydrogen-bond acceptors (Lipinski definition) is 4. The van der Waals surface area contributed by atoms with Gasteiger partial charge in [0.25, 0.3) is 0 Å². The first kappa shape index (κ1) is 24.5. The Kier molecular flexibility index (Phi) is 7.77. The van der Waals surface area contributed by atoms with Gasteiger partial charge < -0.3 is 14.6 Å². The second-order valence-corrected chi connectivity index (χ2v) is 10.7. The molecule has 34 heavy (non-hydrogen) atoms. The molecule has 6 heteroatoms. The number of hydrogen-bond donors (Lipinski definition) is 1. The van der Waals surface area contributed by atoms with Gasteiger partial charge in [-0.25, -0.2) is 4.79 Å². The largest absolute Gasteiger partial charge is 0.493 e. The zero-order valence-electron chi connectivity index (χ0n) is 19.4. The smallest absolute Gasteiger partial charge is 0.345 e. The Hall–Kier alpha value is -2.60. The van der Waals surface area contributed by atoms with E-state index in [0.717, 1.165) is 22.1 Å². The molecule has 0 aliphatic heterocycles. The number of thiophene rings is 1. The van der Waals surface area contributed by atoms with Crippen molar-refractivity contribution in [3.63, 3.8) is 0 Å². The van der Waals surface area contributed by atoms with Crippen molar-refractivity contribution in [2.24, 2.45) is 11.8 Å². The Morgan fingerprint density at radius 2 is 1.74 bits per heavy atom. The summed E-state index contributed by atoms with van der Waals surface area (Å²) in [4.78, 5) is 12.3. The average molecular weight is 497 g/mol. The first-order valence-electron chi connectivity index (χ1n) is 11.4. The fourth-order valence-electron chi connectivity index (χ4n) is 4.26. The van der Waals surface area contributed by atoms with Crippen molar-refractivity contribution in [1.29, 1.82) is 0 Å². The van der Waals surface area contributed by atoms with Crippen LogP contribution in [0.15, 0.2) is 77.8 Å². The van der Waals surface area contributed by atoms with Gasteiger partial charge in [0, 0.05) is 21.2 Å². The van der Waals surface area contributed by atoms with Crippen LogP contribution in [0.4, 0.5) is 0 Å². The molecule has 3 aromatic rings. The van der Waals surface area contributed by atoms with Crippen LogP contribution in [-0.2, 0) is 16.8 Å². The van der Waals surface area contributed by atoms with E-state index in [1.165, 1.54) is 22.5 Å². The number of carboxylic acids is 1. The molecule has 1 N–H and O–H groups in total. The molecule has 0 fully saturated rings. The van der Waals surface area contributed by atoms with Crippen LogP contribution < -0.4 is 4.74 Å². The quantitative estimate of drug-likeness (QED) is 0.324. The Bertz CT molecular complexity index is 1130. The molecule has 0 saturated carbocycles. The molecule has 4 rings (SSSR count). The van der Waals surface area contributed by atoms with Crippen molar-refractivity contribution < 1.29 is 19.4 Å². The minimum Gasteiger partial charge on any atom is -0.493 e. The van der Waals surface area contributed by atoms with Gasteiger partial charge in [-0.15, -0.1) is 11.3 Å². The molecule has 4 nitrogen and oxygen atoms in total. The molecule has 2 aromatic carbocycles. The van der Waals surface area contributed by atoms with Crippen LogP contribution in [0, 0.1) is 11.8 Å². The van der Waals surface area contributed by atoms with Crippen molar-refractivity contribution in [2.45, 2.75) is 32.3 Å². The van der Waals surface area contributed by atoms with E-state index >= 15 is 0 Å². The molecule has 1 aliphatic carbocycles. The number of ether oxygens (including phenoxy) is 2. The second-order valence-electron chi connectivity index (χ2n) is 9.10. The number of allylic oxidation sites excluding steroid dienone is 1. The van der Waals surface area contributed by atoms with E-state index in [0.29, 0.717) is 24.7 Å². The van der Waals surface area contributed by atoms with Gasteiger partial charge in [0.2, 0.25) is 0 Å². The Morgan fingerprint density at radius 1 is 1.03 bits per heavy atom. The van der Waals surface area contributed by atoms with E-state index in [9.17, 15) is 4.79 Å². The maximum atomic E-state index is 11.0. The predicted molar refractivity (Wildman–Crippen MR) is 137 cm³/mol. The Labute approximate surface area is 209 Å². The van der Waals surface area contributed by atoms with Gasteiger partial charge in [-0.3, -0.25) is 0 Å². The van der Waals surface area contributed by atoms with Gasteiger partial charge in [-0.1, -0.05) is 74.0 Å². The van der Waals surface area contributed by atoms with Crippen LogP contribution in [-0.4, -0.2) is 24.3 Å². The monoisotopic (exact) mass is 496 g/mol. The van der Waals surface area contributed by atoms with Crippen LogP contribution in [0.1, 0.15) is 45.9 Å². The molecule has 1 aliphatic rings. The highest BCUT2D eigenvalue weighted by molar-refractivity contribution is 7.13. The Morgan fingerprint density at radius 3 is 2.41 bits per heavy atom. The van der Waals surface area contributed by atoms with Crippen molar-refractivity contribution >= 4 is 28.9 Å². The average Bonchev–Trinajstić information content (AvgIpc) is 3.45.